The Kier molecular flexibility index (Phi) is 15.8. The molecule has 0 saturated carbocycles. The fraction of sp³-hybridized carbons (Fsp3) is 0.0123. The number of furan rings is 2. The Morgan fingerprint density at radius 1 is 0.323 bits per heavy atom. The Labute approximate surface area is 548 Å². The van der Waals surface area contributed by atoms with Crippen LogP contribution in [-0.4, -0.2) is 37.1 Å². The Morgan fingerprint density at radius 3 is 1.22 bits per heavy atom. The summed E-state index contributed by atoms with van der Waals surface area (Å²) >= 11 is 9.89. The van der Waals surface area contributed by atoms with Crippen molar-refractivity contribution in [2.24, 2.45) is 0 Å². The van der Waals surface area contributed by atoms with E-state index in [4.69, 9.17) is 35.5 Å². The second-order valence-corrected chi connectivity index (χ2v) is 24.9. The third kappa shape index (κ3) is 11.2. The molecule has 0 bridgehead atoms. The first-order valence-corrected chi connectivity index (χ1v) is 32.0. The van der Waals surface area contributed by atoms with Crippen LogP contribution in [0.1, 0.15) is 7.43 Å². The number of nitrogens with zero attached hydrogens (tertiary/aromatic N) is 4. The number of fused-ring (bicyclic) bond motifs is 12. The Bertz CT molecular complexity index is 5770. The highest BCUT2D eigenvalue weighted by molar-refractivity contribution is 7.26. The molecule has 6 aromatic heterocycles. The van der Waals surface area contributed by atoms with Gasteiger partial charge in [-0.1, -0.05) is 243 Å². The van der Waals surface area contributed by atoms with Gasteiger partial charge in [0, 0.05) is 67.3 Å². The van der Waals surface area contributed by atoms with Gasteiger partial charge in [0.25, 0.3) is 0 Å². The Hall–Kier alpha value is -10.9. The smallest absolute Gasteiger partial charge is 0.452 e. The van der Waals surface area contributed by atoms with E-state index in [1.54, 1.807) is 24.8 Å². The average Bonchev–Trinajstić information content (AvgIpc) is 1.68. The molecule has 12 aromatic carbocycles. The molecule has 12 heteroatoms. The first-order chi connectivity index (χ1) is 45.3. The third-order valence-electron chi connectivity index (χ3n) is 16.8. The van der Waals surface area contributed by atoms with Crippen molar-refractivity contribution in [1.82, 2.24) is 19.9 Å². The van der Waals surface area contributed by atoms with Crippen LogP contribution in [-0.2, 0) is 0 Å². The molecule has 93 heavy (non-hydrogen) atoms. The van der Waals surface area contributed by atoms with Gasteiger partial charge in [0.1, 0.15) is 46.2 Å². The minimum absolute atomic E-state index is 0. The topological polar surface area (TPSA) is 118 Å². The summed E-state index contributed by atoms with van der Waals surface area (Å²) < 4.78 is 17.8. The van der Waals surface area contributed by atoms with Crippen molar-refractivity contribution in [3.8, 4) is 78.1 Å². The van der Waals surface area contributed by atoms with Crippen molar-refractivity contribution >= 4 is 131 Å². The van der Waals surface area contributed by atoms with E-state index in [1.165, 1.54) is 62.6 Å². The summed E-state index contributed by atoms with van der Waals surface area (Å²) in [5.74, 6) is 0. The monoisotopic (exact) mass is 1260 g/mol. The summed E-state index contributed by atoms with van der Waals surface area (Å²) in [6, 6.07) is 95.6. The summed E-state index contributed by atoms with van der Waals surface area (Å²) in [7, 11) is -1.39. The van der Waals surface area contributed by atoms with Gasteiger partial charge in [0.15, 0.2) is 11.2 Å². The number of hydrogen-bond donors (Lipinski definition) is 2. The highest BCUT2D eigenvalue weighted by Gasteiger charge is 2.20. The molecular formula is C81H54BClN4O4S2. The molecule has 18 aromatic rings. The van der Waals surface area contributed by atoms with Gasteiger partial charge in [0.2, 0.25) is 0 Å². The predicted molar refractivity (Wildman–Crippen MR) is 390 cm³/mol. The molecule has 0 saturated heterocycles. The van der Waals surface area contributed by atoms with Crippen LogP contribution < -0.4 is 5.46 Å². The molecule has 6 heterocycles. The van der Waals surface area contributed by atoms with Crippen LogP contribution in [0.2, 0.25) is 5.02 Å². The maximum Gasteiger partial charge on any atom is 0.488 e. The Morgan fingerprint density at radius 2 is 0.710 bits per heavy atom. The van der Waals surface area contributed by atoms with Crippen molar-refractivity contribution < 1.29 is 18.9 Å². The largest absolute Gasteiger partial charge is 0.488 e. The SMILES string of the molecule is C.Clc1ccc2oc3c(-c4cccc(-c5cccc6c5sc5ccccc56)c4)ncnc3c2c1.OB(O)c1ccc(-c2ccccc2)cc1.c1ccc(-c2ccc(-c3ccc4oc5c(-c6cccc(-c7cccc8c7sc7ccccc78)c6)ncnc5c4c3)cc2)cc1. The molecule has 0 amide bonds. The summed E-state index contributed by atoms with van der Waals surface area (Å²) in [5.41, 5.74) is 20.2. The van der Waals surface area contributed by atoms with Gasteiger partial charge in [-0.25, -0.2) is 19.9 Å². The third-order valence-corrected chi connectivity index (χ3v) is 19.5. The highest BCUT2D eigenvalue weighted by Crippen LogP contribution is 2.44. The second-order valence-electron chi connectivity index (χ2n) is 22.4. The van der Waals surface area contributed by atoms with E-state index in [0.717, 1.165) is 88.9 Å². The molecule has 0 radical (unpaired) electrons. The van der Waals surface area contributed by atoms with E-state index in [0.29, 0.717) is 21.7 Å². The van der Waals surface area contributed by atoms with E-state index in [9.17, 15) is 0 Å². The quantitative estimate of drug-likeness (QED) is 0.144. The zero-order valence-electron chi connectivity index (χ0n) is 49.0. The van der Waals surface area contributed by atoms with Crippen LogP contribution in [0.5, 0.6) is 0 Å². The normalized spacial score (nSPS) is 11.3. The van der Waals surface area contributed by atoms with Crippen LogP contribution in [0.25, 0.3) is 163 Å². The van der Waals surface area contributed by atoms with Crippen LogP contribution in [0.15, 0.2) is 301 Å². The van der Waals surface area contributed by atoms with Crippen molar-refractivity contribution in [3.05, 3.63) is 297 Å². The second kappa shape index (κ2) is 25.1. The highest BCUT2D eigenvalue weighted by atomic mass is 35.5. The maximum absolute atomic E-state index is 8.94. The number of hydrogen-bond acceptors (Lipinski definition) is 10. The lowest BCUT2D eigenvalue weighted by atomic mass is 9.80. The van der Waals surface area contributed by atoms with Gasteiger partial charge in [0.05, 0.1) is 0 Å². The molecule has 0 unspecified atom stereocenters. The summed E-state index contributed by atoms with van der Waals surface area (Å²) in [6.07, 6.45) is 3.24. The minimum Gasteiger partial charge on any atom is -0.452 e. The maximum atomic E-state index is 8.94. The number of thiophene rings is 2. The lowest BCUT2D eigenvalue weighted by Gasteiger charge is -2.07. The lowest BCUT2D eigenvalue weighted by Crippen LogP contribution is -2.29. The molecule has 0 spiro atoms. The Balaban J connectivity index is 0.000000128. The van der Waals surface area contributed by atoms with Gasteiger partial charge in [-0.05, 0) is 116 Å². The molecule has 0 aliphatic heterocycles. The van der Waals surface area contributed by atoms with E-state index in [-0.39, 0.29) is 7.43 Å². The standard InChI is InChI=1S/C40H24N2OS.C28H15ClN2OS.C12H11BO2.CH4/c1-2-8-25(9-3-1)26-16-18-27(19-17-26)28-20-21-35-34(23-28)38-39(43-35)37(41-24-42-38)30-11-6-10-29(22-30)31-13-7-14-33-32-12-4-5-15-36(32)44-40(31)33;29-18-11-12-23-22(14-18)26-27(32-23)25(30-15-31-26)17-6-3-5-16(13-17)19-8-4-9-21-20-7-1-2-10-24(20)33-28(19)21;14-13(15)12-8-6-11(7-9-12)10-4-2-1-3-5-10;/h1-24H;1-15H;1-9,14-15H;1H4. The van der Waals surface area contributed by atoms with Crippen LogP contribution >= 0.6 is 34.3 Å². The van der Waals surface area contributed by atoms with Crippen molar-refractivity contribution in [2.45, 2.75) is 7.43 Å². The van der Waals surface area contributed by atoms with Crippen molar-refractivity contribution in [2.75, 3.05) is 0 Å². The van der Waals surface area contributed by atoms with Crippen molar-refractivity contribution in [3.63, 3.8) is 0 Å². The summed E-state index contributed by atoms with van der Waals surface area (Å²) in [5, 5.41) is 25.6. The van der Waals surface area contributed by atoms with Gasteiger partial charge >= 0.3 is 7.12 Å². The van der Waals surface area contributed by atoms with Gasteiger partial charge in [-0.15, -0.1) is 22.7 Å². The van der Waals surface area contributed by atoms with Crippen LogP contribution in [0.4, 0.5) is 0 Å². The van der Waals surface area contributed by atoms with Crippen LogP contribution in [0, 0.1) is 0 Å². The molecule has 0 atom stereocenters. The predicted octanol–water partition coefficient (Wildman–Crippen LogP) is 21.8. The van der Waals surface area contributed by atoms with Gasteiger partial charge < -0.3 is 18.9 Å². The number of benzene rings is 12. The molecule has 0 aliphatic carbocycles. The fourth-order valence-electron chi connectivity index (χ4n) is 12.3. The minimum atomic E-state index is -1.39. The van der Waals surface area contributed by atoms with Gasteiger partial charge in [-0.2, -0.15) is 0 Å². The zero-order valence-corrected chi connectivity index (χ0v) is 51.4. The molecule has 18 rings (SSSR count). The first kappa shape index (κ1) is 58.5. The number of rotatable bonds is 8. The molecule has 444 valence electrons. The molecule has 2 N–H and O–H groups in total. The molecule has 0 aliphatic rings. The average molecular weight is 1260 g/mol. The number of aromatic nitrogens is 4. The molecule has 8 nitrogen and oxygen atoms in total. The van der Waals surface area contributed by atoms with Gasteiger partial charge in [-0.3, -0.25) is 0 Å². The van der Waals surface area contributed by atoms with E-state index < -0.39 is 7.12 Å². The fourth-order valence-corrected chi connectivity index (χ4v) is 14.9. The first-order valence-electron chi connectivity index (χ1n) is 30.0. The van der Waals surface area contributed by atoms with E-state index >= 15 is 0 Å². The summed E-state index contributed by atoms with van der Waals surface area (Å²) in [4.78, 5) is 18.5. The molecule has 0 fully saturated rings. The van der Waals surface area contributed by atoms with E-state index in [1.807, 2.05) is 95.5 Å². The number of halogens is 1. The summed E-state index contributed by atoms with van der Waals surface area (Å²) in [6.45, 7) is 0. The lowest BCUT2D eigenvalue weighted by molar-refractivity contribution is 0.426. The van der Waals surface area contributed by atoms with Crippen molar-refractivity contribution in [1.29, 1.82) is 0 Å². The zero-order chi connectivity index (χ0) is 61.7. The van der Waals surface area contributed by atoms with E-state index in [2.05, 4.69) is 209 Å². The molecular weight excluding hydrogens is 1200 g/mol. The van der Waals surface area contributed by atoms with Crippen LogP contribution in [0.3, 0.4) is 0 Å².